The number of ether oxygens (including phenoxy) is 1. The van der Waals surface area contributed by atoms with Gasteiger partial charge in [-0.2, -0.15) is 0 Å². The molecule has 2 aromatic heterocycles. The van der Waals surface area contributed by atoms with Crippen LogP contribution in [0.1, 0.15) is 10.4 Å². The molecule has 0 aliphatic heterocycles. The second-order valence-electron chi connectivity index (χ2n) is 4.13. The topological polar surface area (TPSA) is 76.7 Å². The summed E-state index contributed by atoms with van der Waals surface area (Å²) < 4.78 is 6.19. The third kappa shape index (κ3) is 1.87. The number of carbonyl (C=O) groups excluding carboxylic acids is 1. The molecule has 6 nitrogen and oxygen atoms in total. The number of hydrogen-bond donors (Lipinski definition) is 1. The Labute approximate surface area is 114 Å². The maximum Gasteiger partial charge on any atom is 0.341 e. The molecule has 0 amide bonds. The SMILES string of the molecule is COC(=O)c1cccn2nc(-c3ccccc3O)nc12. The molecule has 20 heavy (non-hydrogen) atoms. The lowest BCUT2D eigenvalue weighted by atomic mass is 10.2. The number of esters is 1. The quantitative estimate of drug-likeness (QED) is 0.719. The van der Waals surface area contributed by atoms with Gasteiger partial charge in [0, 0.05) is 6.20 Å². The van der Waals surface area contributed by atoms with Gasteiger partial charge in [-0.05, 0) is 24.3 Å². The van der Waals surface area contributed by atoms with Gasteiger partial charge in [0.25, 0.3) is 0 Å². The minimum Gasteiger partial charge on any atom is -0.507 e. The zero-order valence-corrected chi connectivity index (χ0v) is 10.6. The molecule has 0 unspecified atom stereocenters. The Morgan fingerprint density at radius 1 is 1.25 bits per heavy atom. The van der Waals surface area contributed by atoms with Crippen molar-refractivity contribution >= 4 is 11.6 Å². The van der Waals surface area contributed by atoms with Crippen molar-refractivity contribution in [3.8, 4) is 17.1 Å². The number of hydrogen-bond acceptors (Lipinski definition) is 5. The van der Waals surface area contributed by atoms with Gasteiger partial charge in [0.2, 0.25) is 0 Å². The minimum atomic E-state index is -0.480. The molecule has 0 aliphatic rings. The monoisotopic (exact) mass is 269 g/mol. The molecule has 0 spiro atoms. The molecule has 3 aromatic rings. The van der Waals surface area contributed by atoms with Crippen LogP contribution in [-0.4, -0.2) is 32.8 Å². The Bertz CT molecular complexity index is 795. The van der Waals surface area contributed by atoms with Crippen LogP contribution in [0, 0.1) is 0 Å². The molecular weight excluding hydrogens is 258 g/mol. The maximum atomic E-state index is 11.7. The molecule has 2 heterocycles. The summed E-state index contributed by atoms with van der Waals surface area (Å²) in [6.07, 6.45) is 1.68. The van der Waals surface area contributed by atoms with Crippen LogP contribution in [0.5, 0.6) is 5.75 Å². The van der Waals surface area contributed by atoms with E-state index in [1.54, 1.807) is 42.6 Å². The fourth-order valence-electron chi connectivity index (χ4n) is 1.95. The first-order chi connectivity index (χ1) is 9.70. The van der Waals surface area contributed by atoms with E-state index in [1.807, 2.05) is 0 Å². The van der Waals surface area contributed by atoms with Crippen molar-refractivity contribution in [2.24, 2.45) is 0 Å². The minimum absolute atomic E-state index is 0.0861. The summed E-state index contributed by atoms with van der Waals surface area (Å²) in [5.74, 6) is -0.0469. The van der Waals surface area contributed by atoms with Crippen molar-refractivity contribution in [1.29, 1.82) is 0 Å². The number of aromatic hydroxyl groups is 1. The number of phenols is 1. The van der Waals surface area contributed by atoms with E-state index in [0.717, 1.165) is 0 Å². The standard InChI is InChI=1S/C14H11N3O3/c1-20-14(19)10-6-4-8-17-13(10)15-12(16-17)9-5-2-3-7-11(9)18/h2-8,18H,1H3. The number of methoxy groups -OCH3 is 1. The van der Waals surface area contributed by atoms with Gasteiger partial charge in [0.05, 0.1) is 12.7 Å². The third-order valence-corrected chi connectivity index (χ3v) is 2.91. The summed E-state index contributed by atoms with van der Waals surface area (Å²) in [4.78, 5) is 16.0. The van der Waals surface area contributed by atoms with E-state index in [4.69, 9.17) is 4.74 Å². The van der Waals surface area contributed by atoms with Crippen molar-refractivity contribution in [3.63, 3.8) is 0 Å². The highest BCUT2D eigenvalue weighted by Crippen LogP contribution is 2.26. The largest absolute Gasteiger partial charge is 0.507 e. The van der Waals surface area contributed by atoms with E-state index in [2.05, 4.69) is 10.1 Å². The number of carbonyl (C=O) groups is 1. The van der Waals surface area contributed by atoms with Crippen molar-refractivity contribution in [1.82, 2.24) is 14.6 Å². The van der Waals surface area contributed by atoms with E-state index in [1.165, 1.54) is 11.6 Å². The predicted molar refractivity (Wildman–Crippen MR) is 71.4 cm³/mol. The Morgan fingerprint density at radius 3 is 2.80 bits per heavy atom. The first-order valence-electron chi connectivity index (χ1n) is 5.93. The molecule has 100 valence electrons. The summed E-state index contributed by atoms with van der Waals surface area (Å²) in [5, 5.41) is 14.1. The zero-order valence-electron chi connectivity index (χ0n) is 10.6. The Balaban J connectivity index is 2.21. The summed E-state index contributed by atoms with van der Waals surface area (Å²) in [6, 6.07) is 10.1. The van der Waals surface area contributed by atoms with Gasteiger partial charge in [0.1, 0.15) is 11.3 Å². The first-order valence-corrected chi connectivity index (χ1v) is 5.93. The van der Waals surface area contributed by atoms with Gasteiger partial charge in [-0.25, -0.2) is 14.3 Å². The lowest BCUT2D eigenvalue weighted by molar-refractivity contribution is 0.0602. The molecule has 0 radical (unpaired) electrons. The van der Waals surface area contributed by atoms with Crippen molar-refractivity contribution < 1.29 is 14.6 Å². The van der Waals surface area contributed by atoms with E-state index in [0.29, 0.717) is 22.6 Å². The van der Waals surface area contributed by atoms with Crippen LogP contribution in [-0.2, 0) is 4.74 Å². The van der Waals surface area contributed by atoms with Gasteiger partial charge in [-0.1, -0.05) is 12.1 Å². The van der Waals surface area contributed by atoms with Gasteiger partial charge in [-0.3, -0.25) is 0 Å². The number of benzene rings is 1. The van der Waals surface area contributed by atoms with Crippen LogP contribution >= 0.6 is 0 Å². The zero-order chi connectivity index (χ0) is 14.1. The summed E-state index contributed by atoms with van der Waals surface area (Å²) in [6.45, 7) is 0. The number of fused-ring (bicyclic) bond motifs is 1. The molecule has 6 heteroatoms. The fourth-order valence-corrected chi connectivity index (χ4v) is 1.95. The van der Waals surface area contributed by atoms with Crippen LogP contribution < -0.4 is 0 Å². The Hall–Kier alpha value is -2.89. The van der Waals surface area contributed by atoms with E-state index in [9.17, 15) is 9.90 Å². The number of rotatable bonds is 2. The molecule has 0 saturated carbocycles. The molecule has 0 aliphatic carbocycles. The Morgan fingerprint density at radius 2 is 2.05 bits per heavy atom. The van der Waals surface area contributed by atoms with Crippen LogP contribution in [0.25, 0.3) is 17.0 Å². The molecule has 0 atom stereocenters. The molecule has 0 bridgehead atoms. The van der Waals surface area contributed by atoms with Crippen molar-refractivity contribution in [2.75, 3.05) is 7.11 Å². The second-order valence-corrected chi connectivity index (χ2v) is 4.13. The molecule has 0 fully saturated rings. The molecule has 0 saturated heterocycles. The Kier molecular flexibility index (Phi) is 2.83. The van der Waals surface area contributed by atoms with Gasteiger partial charge in [-0.15, -0.1) is 5.10 Å². The average Bonchev–Trinajstić information content (AvgIpc) is 2.90. The van der Waals surface area contributed by atoms with Crippen LogP contribution in [0.3, 0.4) is 0 Å². The van der Waals surface area contributed by atoms with Gasteiger partial charge in [0.15, 0.2) is 11.5 Å². The van der Waals surface area contributed by atoms with Crippen LogP contribution in [0.15, 0.2) is 42.6 Å². The fraction of sp³-hybridized carbons (Fsp3) is 0.0714. The highest BCUT2D eigenvalue weighted by molar-refractivity contribution is 5.95. The van der Waals surface area contributed by atoms with Crippen molar-refractivity contribution in [3.05, 3.63) is 48.2 Å². The lowest BCUT2D eigenvalue weighted by Crippen LogP contribution is -2.04. The summed E-state index contributed by atoms with van der Waals surface area (Å²) in [7, 11) is 1.31. The number of para-hydroxylation sites is 1. The average molecular weight is 269 g/mol. The smallest absolute Gasteiger partial charge is 0.341 e. The second kappa shape index (κ2) is 4.65. The molecular formula is C14H11N3O3. The first kappa shape index (κ1) is 12.2. The lowest BCUT2D eigenvalue weighted by Gasteiger charge is -1.99. The van der Waals surface area contributed by atoms with Crippen LogP contribution in [0.4, 0.5) is 0 Å². The number of pyridine rings is 1. The summed E-state index contributed by atoms with van der Waals surface area (Å²) >= 11 is 0. The van der Waals surface area contributed by atoms with E-state index < -0.39 is 5.97 Å². The van der Waals surface area contributed by atoms with E-state index >= 15 is 0 Å². The number of phenolic OH excluding ortho intramolecular Hbond substituents is 1. The van der Waals surface area contributed by atoms with Gasteiger partial charge < -0.3 is 9.84 Å². The normalized spacial score (nSPS) is 10.7. The highest BCUT2D eigenvalue weighted by Gasteiger charge is 2.16. The van der Waals surface area contributed by atoms with Gasteiger partial charge >= 0.3 is 5.97 Å². The van der Waals surface area contributed by atoms with Crippen molar-refractivity contribution in [2.45, 2.75) is 0 Å². The summed E-state index contributed by atoms with van der Waals surface area (Å²) in [5.41, 5.74) is 1.22. The highest BCUT2D eigenvalue weighted by atomic mass is 16.5. The van der Waals surface area contributed by atoms with E-state index in [-0.39, 0.29) is 5.75 Å². The molecule has 1 N–H and O–H groups in total. The van der Waals surface area contributed by atoms with Crippen LogP contribution in [0.2, 0.25) is 0 Å². The molecule has 3 rings (SSSR count). The maximum absolute atomic E-state index is 11.7. The third-order valence-electron chi connectivity index (χ3n) is 2.91. The molecule has 1 aromatic carbocycles. The number of aromatic nitrogens is 3. The predicted octanol–water partition coefficient (Wildman–Crippen LogP) is 1.89. The number of nitrogens with zero attached hydrogens (tertiary/aromatic N) is 3.